The van der Waals surface area contributed by atoms with Crippen molar-refractivity contribution >= 4 is 65.5 Å². The zero-order chi connectivity index (χ0) is 19.3. The van der Waals surface area contributed by atoms with E-state index in [2.05, 4.69) is 48.3 Å². The van der Waals surface area contributed by atoms with Gasteiger partial charge in [0.15, 0.2) is 9.66 Å². The second-order valence-corrected chi connectivity index (χ2v) is 10.6. The molecule has 4 heterocycles. The van der Waals surface area contributed by atoms with E-state index in [0.29, 0.717) is 0 Å². The van der Waals surface area contributed by atoms with Crippen molar-refractivity contribution in [3.05, 3.63) is 46.3 Å². The number of aryl methyl sites for hydroxylation is 2. The van der Waals surface area contributed by atoms with Gasteiger partial charge in [-0.15, -0.1) is 11.3 Å². The number of thiazole rings is 2. The van der Waals surface area contributed by atoms with E-state index in [4.69, 9.17) is 15.0 Å². The van der Waals surface area contributed by atoms with Crippen LogP contribution in [0.25, 0.3) is 63.9 Å². The topological polar surface area (TPSA) is 51.6 Å². The number of benzene rings is 2. The third-order valence-electron chi connectivity index (χ3n) is 5.39. The van der Waals surface area contributed by atoms with Gasteiger partial charge in [-0.2, -0.15) is 0 Å². The van der Waals surface area contributed by atoms with Crippen molar-refractivity contribution in [2.24, 2.45) is 0 Å². The molecular weight excluding hydrogens is 416 g/mol. The molecule has 138 valence electrons. The van der Waals surface area contributed by atoms with E-state index < -0.39 is 0 Å². The van der Waals surface area contributed by atoms with Gasteiger partial charge in [-0.05, 0) is 19.2 Å². The minimum absolute atomic E-state index is 0.953. The summed E-state index contributed by atoms with van der Waals surface area (Å²) in [6.07, 6.45) is 0. The molecule has 1 aliphatic rings. The maximum Gasteiger partial charge on any atom is 0.155 e. The van der Waals surface area contributed by atoms with Gasteiger partial charge in [0.05, 0.1) is 21.3 Å². The van der Waals surface area contributed by atoms with Gasteiger partial charge in [-0.25, -0.2) is 19.9 Å². The molecule has 0 atom stereocenters. The molecule has 0 spiro atoms. The van der Waals surface area contributed by atoms with Crippen molar-refractivity contribution in [1.29, 1.82) is 0 Å². The number of aromatic nitrogens is 4. The zero-order valence-corrected chi connectivity index (χ0v) is 17.9. The molecule has 4 nitrogen and oxygen atoms in total. The van der Waals surface area contributed by atoms with Crippen molar-refractivity contribution in [3.8, 4) is 32.4 Å². The Bertz CT molecular complexity index is 1600. The van der Waals surface area contributed by atoms with E-state index in [1.807, 2.05) is 6.92 Å². The summed E-state index contributed by atoms with van der Waals surface area (Å²) >= 11 is 5.02. The lowest BCUT2D eigenvalue weighted by molar-refractivity contribution is 1.32. The molecule has 0 radical (unpaired) electrons. The fourth-order valence-corrected chi connectivity index (χ4v) is 7.23. The number of thiophene rings is 1. The Morgan fingerprint density at radius 3 is 2.10 bits per heavy atom. The molecule has 7 rings (SSSR count). The largest absolute Gasteiger partial charge is 0.243 e. The summed E-state index contributed by atoms with van der Waals surface area (Å²) in [6, 6.07) is 12.8. The number of fused-ring (bicyclic) bond motifs is 5. The van der Waals surface area contributed by atoms with E-state index in [-0.39, 0.29) is 0 Å². The maximum absolute atomic E-state index is 5.16. The molecule has 1 aliphatic carbocycles. The Balaban J connectivity index is 1.54. The first-order valence-corrected chi connectivity index (χ1v) is 11.7. The van der Waals surface area contributed by atoms with Gasteiger partial charge in [-0.3, -0.25) is 0 Å². The lowest BCUT2D eigenvalue weighted by Crippen LogP contribution is -1.89. The first-order valence-electron chi connectivity index (χ1n) is 9.25. The Hall–Kier alpha value is -2.74. The van der Waals surface area contributed by atoms with E-state index >= 15 is 0 Å². The minimum atomic E-state index is 0.953. The Morgan fingerprint density at radius 2 is 1.38 bits per heavy atom. The van der Waals surface area contributed by atoms with Crippen LogP contribution in [0.2, 0.25) is 0 Å². The van der Waals surface area contributed by atoms with E-state index in [0.717, 1.165) is 47.0 Å². The smallest absolute Gasteiger partial charge is 0.155 e. The first-order chi connectivity index (χ1) is 14.2. The lowest BCUT2D eigenvalue weighted by Gasteiger charge is -2.02. The second-order valence-electron chi connectivity index (χ2n) is 7.18. The summed E-state index contributed by atoms with van der Waals surface area (Å²) in [5, 5.41) is 4.54. The van der Waals surface area contributed by atoms with Crippen molar-refractivity contribution in [1.82, 2.24) is 19.9 Å². The van der Waals surface area contributed by atoms with Crippen LogP contribution in [-0.2, 0) is 0 Å². The van der Waals surface area contributed by atoms with Gasteiger partial charge >= 0.3 is 0 Å². The van der Waals surface area contributed by atoms with Gasteiger partial charge in [0.2, 0.25) is 0 Å². The highest BCUT2D eigenvalue weighted by molar-refractivity contribution is 7.30. The van der Waals surface area contributed by atoms with Crippen LogP contribution in [0, 0.1) is 13.8 Å². The average molecular weight is 429 g/mol. The summed E-state index contributed by atoms with van der Waals surface area (Å²) in [5.74, 6) is 0. The highest BCUT2D eigenvalue weighted by Crippen LogP contribution is 2.48. The highest BCUT2D eigenvalue weighted by atomic mass is 32.1. The molecule has 0 unspecified atom stereocenters. The predicted octanol–water partition coefficient (Wildman–Crippen LogP) is 6.84. The highest BCUT2D eigenvalue weighted by Gasteiger charge is 2.27. The quantitative estimate of drug-likeness (QED) is 0.287. The number of rotatable bonds is 1. The fourth-order valence-electron chi connectivity index (χ4n) is 4.18. The Kier molecular flexibility index (Phi) is 3.02. The molecule has 0 aliphatic heterocycles. The third kappa shape index (κ3) is 2.07. The van der Waals surface area contributed by atoms with E-state index in [1.165, 1.54) is 26.8 Å². The summed E-state index contributed by atoms with van der Waals surface area (Å²) < 4.78 is 0. The molecule has 7 heteroatoms. The van der Waals surface area contributed by atoms with E-state index in [9.17, 15) is 0 Å². The average Bonchev–Trinajstić information content (AvgIpc) is 3.43. The lowest BCUT2D eigenvalue weighted by atomic mass is 10.0. The van der Waals surface area contributed by atoms with Gasteiger partial charge < -0.3 is 0 Å². The van der Waals surface area contributed by atoms with Crippen LogP contribution in [0.1, 0.15) is 9.88 Å². The van der Waals surface area contributed by atoms with Gasteiger partial charge in [0.1, 0.15) is 16.0 Å². The van der Waals surface area contributed by atoms with E-state index in [1.54, 1.807) is 34.0 Å². The molecule has 6 aromatic rings. The third-order valence-corrected chi connectivity index (χ3v) is 8.57. The van der Waals surface area contributed by atoms with Crippen molar-refractivity contribution in [2.45, 2.75) is 13.8 Å². The molecule has 0 N–H and O–H groups in total. The molecule has 0 amide bonds. The summed E-state index contributed by atoms with van der Waals surface area (Å²) in [5.41, 5.74) is 6.27. The molecule has 0 saturated carbocycles. The molecule has 0 saturated heterocycles. The summed E-state index contributed by atoms with van der Waals surface area (Å²) in [6.45, 7) is 4.15. The second kappa shape index (κ2) is 5.44. The predicted molar refractivity (Wildman–Crippen MR) is 123 cm³/mol. The molecule has 4 aromatic heterocycles. The monoisotopic (exact) mass is 428 g/mol. The van der Waals surface area contributed by atoms with Crippen LogP contribution in [0.5, 0.6) is 0 Å². The van der Waals surface area contributed by atoms with Crippen LogP contribution in [0.4, 0.5) is 0 Å². The van der Waals surface area contributed by atoms with Crippen molar-refractivity contribution in [2.75, 3.05) is 0 Å². The standard InChI is InChI=1S/C22H12N4S3/c1-9-15-18(19(27-9)20-26-22-21(29-20)23-10(2)28-22)25-17-13-8-4-6-11-5-3-7-12(14(11)13)16(17)24-15/h3-8H,1-2H3. The van der Waals surface area contributed by atoms with Crippen molar-refractivity contribution in [3.63, 3.8) is 0 Å². The Labute approximate surface area is 177 Å². The van der Waals surface area contributed by atoms with Crippen LogP contribution < -0.4 is 0 Å². The van der Waals surface area contributed by atoms with Gasteiger partial charge in [-0.1, -0.05) is 59.1 Å². The number of hydrogen-bond donors (Lipinski definition) is 0. The number of hydrogen-bond acceptors (Lipinski definition) is 7. The molecule has 0 bridgehead atoms. The minimum Gasteiger partial charge on any atom is -0.243 e. The molecular formula is C22H12N4S3. The molecule has 2 aromatic carbocycles. The van der Waals surface area contributed by atoms with Crippen molar-refractivity contribution < 1.29 is 0 Å². The first kappa shape index (κ1) is 16.1. The van der Waals surface area contributed by atoms with Gasteiger partial charge in [0.25, 0.3) is 0 Å². The SMILES string of the molecule is Cc1nc2sc(-c3sc(C)c4nc5c(nc34)-c3cccc4cccc-5c34)nc2s1. The summed E-state index contributed by atoms with van der Waals surface area (Å²) in [7, 11) is 0. The van der Waals surface area contributed by atoms with Gasteiger partial charge in [0, 0.05) is 21.4 Å². The number of nitrogens with zero attached hydrogens (tertiary/aromatic N) is 4. The van der Waals surface area contributed by atoms with Crippen LogP contribution in [0.15, 0.2) is 36.4 Å². The summed E-state index contributed by atoms with van der Waals surface area (Å²) in [4.78, 5) is 24.0. The molecule has 29 heavy (non-hydrogen) atoms. The van der Waals surface area contributed by atoms with Crippen LogP contribution in [0.3, 0.4) is 0 Å². The zero-order valence-electron chi connectivity index (χ0n) is 15.5. The maximum atomic E-state index is 5.16. The van der Waals surface area contributed by atoms with Crippen LogP contribution >= 0.6 is 34.0 Å². The normalized spacial score (nSPS) is 12.5. The fraction of sp³-hybridized carbons (Fsp3) is 0.0909. The van der Waals surface area contributed by atoms with Crippen LogP contribution in [-0.4, -0.2) is 19.9 Å². The molecule has 0 fully saturated rings. The Morgan fingerprint density at radius 1 is 0.690 bits per heavy atom.